The Labute approximate surface area is 163 Å². The molecule has 0 saturated heterocycles. The van der Waals surface area contributed by atoms with Crippen LogP contribution in [0.2, 0.25) is 0 Å². The van der Waals surface area contributed by atoms with E-state index in [4.69, 9.17) is 0 Å². The normalized spacial score (nSPS) is 13.9. The van der Waals surface area contributed by atoms with Crippen molar-refractivity contribution in [3.63, 3.8) is 0 Å². The number of fused-ring (bicyclic) bond motifs is 1. The van der Waals surface area contributed by atoms with E-state index in [1.165, 1.54) is 11.3 Å². The molecule has 0 saturated carbocycles. The molecule has 0 atom stereocenters. The van der Waals surface area contributed by atoms with Gasteiger partial charge < -0.3 is 14.7 Å². The summed E-state index contributed by atoms with van der Waals surface area (Å²) in [5, 5.41) is 2.67. The molecular weight excluding hydrogens is 356 g/mol. The lowest BCUT2D eigenvalue weighted by molar-refractivity contribution is 0.0983. The monoisotopic (exact) mass is 378 g/mol. The first-order valence-electron chi connectivity index (χ1n) is 9.01. The summed E-state index contributed by atoms with van der Waals surface area (Å²) in [4.78, 5) is 23.9. The molecule has 1 aliphatic rings. The van der Waals surface area contributed by atoms with Crippen molar-refractivity contribution in [3.05, 3.63) is 65.7 Å². The third kappa shape index (κ3) is 3.40. The minimum Gasteiger partial charge on any atom is -0.373 e. The van der Waals surface area contributed by atoms with Crippen molar-refractivity contribution in [2.24, 2.45) is 0 Å². The molecule has 2 heterocycles. The fourth-order valence-electron chi connectivity index (χ4n) is 3.35. The highest BCUT2D eigenvalue weighted by molar-refractivity contribution is 7.14. The smallest absolute Gasteiger partial charge is 0.277 e. The summed E-state index contributed by atoms with van der Waals surface area (Å²) in [5.41, 5.74) is 3.58. The molecule has 5 nitrogen and oxygen atoms in total. The molecule has 0 aliphatic carbocycles. The number of carbonyl (C=O) groups excluding carboxylic acids is 1. The number of anilines is 4. The molecule has 0 unspecified atom stereocenters. The second-order valence-corrected chi connectivity index (χ2v) is 7.47. The van der Waals surface area contributed by atoms with Crippen molar-refractivity contribution in [1.82, 2.24) is 4.98 Å². The number of thiazole rings is 1. The molecule has 0 bridgehead atoms. The molecular formula is C21H22N4OS. The maximum atomic E-state index is 13.2. The van der Waals surface area contributed by atoms with E-state index in [1.54, 1.807) is 0 Å². The van der Waals surface area contributed by atoms with Gasteiger partial charge in [0.05, 0.1) is 11.4 Å². The quantitative estimate of drug-likeness (QED) is 0.677. The summed E-state index contributed by atoms with van der Waals surface area (Å²) in [5.74, 6) is -0.0401. The summed E-state index contributed by atoms with van der Waals surface area (Å²) in [6.45, 7) is 1.63. The number of nitrogens with zero attached hydrogens (tertiary/aromatic N) is 4. The third-order valence-electron chi connectivity index (χ3n) is 4.85. The average Bonchev–Trinajstić information content (AvgIpc) is 3.14. The number of aromatic nitrogens is 1. The second-order valence-electron chi connectivity index (χ2n) is 6.63. The summed E-state index contributed by atoms with van der Waals surface area (Å²) in [6.07, 6.45) is 0.928. The fraction of sp³-hybridized carbons (Fsp3) is 0.238. The fourth-order valence-corrected chi connectivity index (χ4v) is 4.14. The van der Waals surface area contributed by atoms with E-state index in [-0.39, 0.29) is 5.91 Å². The van der Waals surface area contributed by atoms with Crippen molar-refractivity contribution < 1.29 is 4.79 Å². The highest BCUT2D eigenvalue weighted by atomic mass is 32.1. The van der Waals surface area contributed by atoms with E-state index in [0.29, 0.717) is 12.2 Å². The Morgan fingerprint density at radius 2 is 1.74 bits per heavy atom. The molecule has 27 heavy (non-hydrogen) atoms. The van der Waals surface area contributed by atoms with Gasteiger partial charge in [-0.15, -0.1) is 11.3 Å². The zero-order valence-electron chi connectivity index (χ0n) is 15.5. The van der Waals surface area contributed by atoms with Crippen LogP contribution in [-0.4, -0.2) is 38.1 Å². The van der Waals surface area contributed by atoms with Crippen LogP contribution in [0.1, 0.15) is 16.9 Å². The van der Waals surface area contributed by atoms with Gasteiger partial charge in [0.2, 0.25) is 0 Å². The van der Waals surface area contributed by atoms with Crippen LogP contribution >= 0.6 is 11.3 Å². The lowest BCUT2D eigenvalue weighted by Gasteiger charge is -2.23. The molecule has 1 amide bonds. The minimum atomic E-state index is -0.0401. The molecule has 2 aromatic carbocycles. The van der Waals surface area contributed by atoms with E-state index < -0.39 is 0 Å². The summed E-state index contributed by atoms with van der Waals surface area (Å²) in [6, 6.07) is 18.1. The van der Waals surface area contributed by atoms with Crippen LogP contribution in [0.25, 0.3) is 0 Å². The third-order valence-corrected chi connectivity index (χ3v) is 5.76. The van der Waals surface area contributed by atoms with E-state index in [1.807, 2.05) is 70.8 Å². The van der Waals surface area contributed by atoms with Gasteiger partial charge in [-0.1, -0.05) is 30.3 Å². The first kappa shape index (κ1) is 17.5. The van der Waals surface area contributed by atoms with Gasteiger partial charge in [-0.2, -0.15) is 0 Å². The van der Waals surface area contributed by atoms with Crippen molar-refractivity contribution in [2.45, 2.75) is 6.42 Å². The van der Waals surface area contributed by atoms with Gasteiger partial charge in [-0.3, -0.25) is 4.79 Å². The molecule has 138 valence electrons. The van der Waals surface area contributed by atoms with Gasteiger partial charge >= 0.3 is 0 Å². The Morgan fingerprint density at radius 1 is 1.04 bits per heavy atom. The van der Waals surface area contributed by atoms with Crippen LogP contribution < -0.4 is 14.7 Å². The standard InChI is InChI=1S/C21H22N4OS/c1-23-13-8-14-25(19-12-7-6-11-18(19)23)20(26)17-15-27-21(22-17)24(2)16-9-4-3-5-10-16/h3-7,9-12,15H,8,13-14H2,1-2H3. The van der Waals surface area contributed by atoms with Gasteiger partial charge in [0.25, 0.3) is 5.91 Å². The van der Waals surface area contributed by atoms with Crippen molar-refractivity contribution in [3.8, 4) is 0 Å². The predicted molar refractivity (Wildman–Crippen MR) is 113 cm³/mol. The van der Waals surface area contributed by atoms with Crippen LogP contribution in [0.5, 0.6) is 0 Å². The zero-order chi connectivity index (χ0) is 18.8. The first-order chi connectivity index (χ1) is 13.1. The van der Waals surface area contributed by atoms with E-state index in [0.717, 1.165) is 35.2 Å². The Balaban J connectivity index is 1.62. The van der Waals surface area contributed by atoms with Crippen molar-refractivity contribution in [1.29, 1.82) is 0 Å². The average molecular weight is 379 g/mol. The summed E-state index contributed by atoms with van der Waals surface area (Å²) < 4.78 is 0. The summed E-state index contributed by atoms with van der Waals surface area (Å²) in [7, 11) is 4.04. The lowest BCUT2D eigenvalue weighted by atomic mass is 10.2. The van der Waals surface area contributed by atoms with Gasteiger partial charge in [0.15, 0.2) is 5.13 Å². The summed E-state index contributed by atoms with van der Waals surface area (Å²) >= 11 is 1.49. The van der Waals surface area contributed by atoms with Crippen LogP contribution in [0, 0.1) is 0 Å². The predicted octanol–water partition coefficient (Wildman–Crippen LogP) is 4.40. The maximum Gasteiger partial charge on any atom is 0.277 e. The maximum absolute atomic E-state index is 13.2. The Morgan fingerprint density at radius 3 is 2.52 bits per heavy atom. The van der Waals surface area contributed by atoms with Crippen molar-refractivity contribution >= 4 is 39.4 Å². The Bertz CT molecular complexity index is 940. The number of hydrogen-bond acceptors (Lipinski definition) is 5. The number of hydrogen-bond donors (Lipinski definition) is 0. The Hall–Kier alpha value is -2.86. The topological polar surface area (TPSA) is 39.7 Å². The van der Waals surface area contributed by atoms with E-state index in [2.05, 4.69) is 23.0 Å². The lowest BCUT2D eigenvalue weighted by Crippen LogP contribution is -2.31. The molecule has 4 rings (SSSR count). The highest BCUT2D eigenvalue weighted by Gasteiger charge is 2.26. The number of benzene rings is 2. The van der Waals surface area contributed by atoms with Crippen molar-refractivity contribution in [2.75, 3.05) is 41.9 Å². The molecule has 1 aromatic heterocycles. The van der Waals surface area contributed by atoms with Crippen LogP contribution in [0.15, 0.2) is 60.0 Å². The number of para-hydroxylation sites is 3. The number of rotatable bonds is 3. The zero-order valence-corrected chi connectivity index (χ0v) is 16.3. The molecule has 6 heteroatoms. The van der Waals surface area contributed by atoms with E-state index >= 15 is 0 Å². The number of carbonyl (C=O) groups is 1. The largest absolute Gasteiger partial charge is 0.373 e. The second kappa shape index (κ2) is 7.40. The SMILES string of the molecule is CN1CCCN(C(=O)c2csc(N(C)c3ccccc3)n2)c2ccccc21. The molecule has 1 aliphatic heterocycles. The molecule has 0 spiro atoms. The Kier molecular flexibility index (Phi) is 4.81. The van der Waals surface area contributed by atoms with E-state index in [9.17, 15) is 4.79 Å². The van der Waals surface area contributed by atoms with Crippen LogP contribution in [0.4, 0.5) is 22.2 Å². The minimum absolute atomic E-state index is 0.0401. The van der Waals surface area contributed by atoms with Gasteiger partial charge in [-0.05, 0) is 30.7 Å². The molecule has 0 fully saturated rings. The van der Waals surface area contributed by atoms with Crippen LogP contribution in [0.3, 0.4) is 0 Å². The molecule has 0 radical (unpaired) electrons. The van der Waals surface area contributed by atoms with Gasteiger partial charge in [-0.25, -0.2) is 4.98 Å². The van der Waals surface area contributed by atoms with Crippen LogP contribution in [-0.2, 0) is 0 Å². The highest BCUT2D eigenvalue weighted by Crippen LogP contribution is 2.33. The molecule has 3 aromatic rings. The van der Waals surface area contributed by atoms with Gasteiger partial charge in [0.1, 0.15) is 5.69 Å². The molecule has 0 N–H and O–H groups in total. The first-order valence-corrected chi connectivity index (χ1v) is 9.89. The van der Waals surface area contributed by atoms with Gasteiger partial charge in [0, 0.05) is 38.3 Å². The number of amides is 1.